The molecule has 1 aliphatic heterocycles. The molecule has 4 nitrogen and oxygen atoms in total. The molecule has 5 heteroatoms. The minimum absolute atomic E-state index is 0.0740. The lowest BCUT2D eigenvalue weighted by atomic mass is 10.1. The number of halogens is 1. The van der Waals surface area contributed by atoms with Gasteiger partial charge in [-0.2, -0.15) is 0 Å². The molecular formula is C16H24ClN3O. The van der Waals surface area contributed by atoms with E-state index in [0.717, 1.165) is 55.2 Å². The van der Waals surface area contributed by atoms with Crippen molar-refractivity contribution in [1.29, 1.82) is 0 Å². The smallest absolute Gasteiger partial charge is 0.242 e. The van der Waals surface area contributed by atoms with E-state index >= 15 is 0 Å². The summed E-state index contributed by atoms with van der Waals surface area (Å²) in [6.07, 6.45) is 3.05. The molecule has 1 unspecified atom stereocenters. The molecule has 2 rings (SSSR count). The summed E-state index contributed by atoms with van der Waals surface area (Å²) in [6, 6.07) is 6.02. The number of carbonyl (C=O) groups excluding carboxylic acids is 1. The van der Waals surface area contributed by atoms with E-state index in [4.69, 9.17) is 11.6 Å². The molecule has 2 N–H and O–H groups in total. The van der Waals surface area contributed by atoms with Gasteiger partial charge in [0.2, 0.25) is 5.91 Å². The Kier molecular flexibility index (Phi) is 5.88. The van der Waals surface area contributed by atoms with Crippen molar-refractivity contribution in [3.8, 4) is 0 Å². The lowest BCUT2D eigenvalue weighted by Crippen LogP contribution is -2.42. The fourth-order valence-electron chi connectivity index (χ4n) is 2.77. The Morgan fingerprint density at radius 1 is 1.48 bits per heavy atom. The number of benzene rings is 1. The van der Waals surface area contributed by atoms with Crippen LogP contribution in [0.2, 0.25) is 5.02 Å². The average Bonchev–Trinajstić information content (AvgIpc) is 2.97. The van der Waals surface area contributed by atoms with Crippen molar-refractivity contribution in [3.63, 3.8) is 0 Å². The van der Waals surface area contributed by atoms with E-state index in [-0.39, 0.29) is 11.9 Å². The highest BCUT2D eigenvalue weighted by Crippen LogP contribution is 2.29. The summed E-state index contributed by atoms with van der Waals surface area (Å²) in [5.41, 5.74) is 2.13. The summed E-state index contributed by atoms with van der Waals surface area (Å²) in [6.45, 7) is 4.82. The maximum Gasteiger partial charge on any atom is 0.242 e. The topological polar surface area (TPSA) is 44.4 Å². The number of nitrogens with zero attached hydrogens (tertiary/aromatic N) is 1. The van der Waals surface area contributed by atoms with Crippen LogP contribution in [0.5, 0.6) is 0 Å². The molecule has 1 heterocycles. The zero-order valence-corrected chi connectivity index (χ0v) is 13.5. The summed E-state index contributed by atoms with van der Waals surface area (Å²) in [4.78, 5) is 14.1. The summed E-state index contributed by atoms with van der Waals surface area (Å²) in [5.74, 6) is 0.0808. The summed E-state index contributed by atoms with van der Waals surface area (Å²) >= 11 is 6.38. The molecule has 1 atom stereocenters. The Morgan fingerprint density at radius 2 is 2.29 bits per heavy atom. The molecule has 1 aliphatic rings. The molecule has 0 radical (unpaired) electrons. The number of hydrogen-bond donors (Lipinski definition) is 2. The molecule has 21 heavy (non-hydrogen) atoms. The van der Waals surface area contributed by atoms with Gasteiger partial charge in [-0.05, 0) is 43.5 Å². The van der Waals surface area contributed by atoms with Crippen LogP contribution >= 0.6 is 11.6 Å². The molecule has 0 aliphatic carbocycles. The zero-order chi connectivity index (χ0) is 15.2. The van der Waals surface area contributed by atoms with Crippen molar-refractivity contribution in [1.82, 2.24) is 10.6 Å². The van der Waals surface area contributed by atoms with Gasteiger partial charge in [0.1, 0.15) is 6.04 Å². The first-order chi connectivity index (χ1) is 10.2. The zero-order valence-electron chi connectivity index (χ0n) is 12.8. The minimum Gasteiger partial charge on any atom is -0.359 e. The van der Waals surface area contributed by atoms with Crippen LogP contribution in [-0.4, -0.2) is 32.1 Å². The number of likely N-dealkylation sites (N-methyl/N-ethyl adjacent to an activating group) is 1. The summed E-state index contributed by atoms with van der Waals surface area (Å²) in [5, 5.41) is 6.86. The third kappa shape index (κ3) is 3.89. The van der Waals surface area contributed by atoms with Gasteiger partial charge in [-0.3, -0.25) is 4.79 Å². The molecule has 1 aromatic carbocycles. The van der Waals surface area contributed by atoms with E-state index in [0.29, 0.717) is 0 Å². The predicted molar refractivity (Wildman–Crippen MR) is 87.9 cm³/mol. The Morgan fingerprint density at radius 3 is 2.95 bits per heavy atom. The van der Waals surface area contributed by atoms with Gasteiger partial charge in [0, 0.05) is 30.8 Å². The Labute approximate surface area is 131 Å². The van der Waals surface area contributed by atoms with Crippen molar-refractivity contribution in [2.75, 3.05) is 25.0 Å². The molecule has 116 valence electrons. The first-order valence-electron chi connectivity index (χ1n) is 7.64. The van der Waals surface area contributed by atoms with Crippen molar-refractivity contribution >= 4 is 23.2 Å². The molecule has 0 spiro atoms. The van der Waals surface area contributed by atoms with Crippen molar-refractivity contribution in [2.45, 2.75) is 38.8 Å². The van der Waals surface area contributed by atoms with Crippen LogP contribution in [0.1, 0.15) is 31.7 Å². The highest BCUT2D eigenvalue weighted by atomic mass is 35.5. The van der Waals surface area contributed by atoms with Crippen LogP contribution in [0.15, 0.2) is 18.2 Å². The quantitative estimate of drug-likeness (QED) is 0.794. The van der Waals surface area contributed by atoms with Crippen LogP contribution in [0, 0.1) is 0 Å². The van der Waals surface area contributed by atoms with Crippen LogP contribution in [0.3, 0.4) is 0 Å². The number of nitrogens with one attached hydrogen (secondary N) is 2. The van der Waals surface area contributed by atoms with E-state index in [1.54, 1.807) is 7.05 Å². The Hall–Kier alpha value is -1.26. The maximum atomic E-state index is 11.9. The van der Waals surface area contributed by atoms with Crippen molar-refractivity contribution in [2.24, 2.45) is 0 Å². The first kappa shape index (κ1) is 16.1. The second kappa shape index (κ2) is 7.66. The van der Waals surface area contributed by atoms with E-state index in [1.165, 1.54) is 0 Å². The van der Waals surface area contributed by atoms with E-state index in [9.17, 15) is 4.79 Å². The maximum absolute atomic E-state index is 11.9. The number of hydrogen-bond acceptors (Lipinski definition) is 3. The van der Waals surface area contributed by atoms with Crippen LogP contribution < -0.4 is 15.5 Å². The SMILES string of the molecule is CCCNCc1ccc(N2CCCC2C(=O)NC)cc1Cl. The highest BCUT2D eigenvalue weighted by molar-refractivity contribution is 6.31. The lowest BCUT2D eigenvalue weighted by Gasteiger charge is -2.26. The van der Waals surface area contributed by atoms with Gasteiger partial charge >= 0.3 is 0 Å². The number of amides is 1. The molecule has 1 saturated heterocycles. The largest absolute Gasteiger partial charge is 0.359 e. The number of carbonyl (C=O) groups is 1. The van der Waals surface area contributed by atoms with Gasteiger partial charge in [0.15, 0.2) is 0 Å². The molecule has 1 amide bonds. The Bertz CT molecular complexity index is 492. The summed E-state index contributed by atoms with van der Waals surface area (Å²) < 4.78 is 0. The van der Waals surface area contributed by atoms with Crippen LogP contribution in [-0.2, 0) is 11.3 Å². The van der Waals surface area contributed by atoms with Gasteiger partial charge in [-0.1, -0.05) is 24.6 Å². The lowest BCUT2D eigenvalue weighted by molar-refractivity contribution is -0.121. The fraction of sp³-hybridized carbons (Fsp3) is 0.562. The third-order valence-electron chi connectivity index (χ3n) is 3.91. The van der Waals surface area contributed by atoms with E-state index in [1.807, 2.05) is 6.07 Å². The third-order valence-corrected chi connectivity index (χ3v) is 4.26. The predicted octanol–water partition coefficient (Wildman–Crippen LogP) is 2.55. The van der Waals surface area contributed by atoms with Gasteiger partial charge in [0.05, 0.1) is 0 Å². The van der Waals surface area contributed by atoms with Crippen LogP contribution in [0.4, 0.5) is 5.69 Å². The van der Waals surface area contributed by atoms with Gasteiger partial charge in [-0.15, -0.1) is 0 Å². The molecular weight excluding hydrogens is 286 g/mol. The first-order valence-corrected chi connectivity index (χ1v) is 8.02. The van der Waals surface area contributed by atoms with Crippen molar-refractivity contribution < 1.29 is 4.79 Å². The van der Waals surface area contributed by atoms with Crippen molar-refractivity contribution in [3.05, 3.63) is 28.8 Å². The molecule has 0 aromatic heterocycles. The fourth-order valence-corrected chi connectivity index (χ4v) is 3.01. The van der Waals surface area contributed by atoms with E-state index in [2.05, 4.69) is 34.6 Å². The van der Waals surface area contributed by atoms with Gasteiger partial charge < -0.3 is 15.5 Å². The van der Waals surface area contributed by atoms with Gasteiger partial charge in [-0.25, -0.2) is 0 Å². The second-order valence-electron chi connectivity index (χ2n) is 5.42. The molecule has 0 bridgehead atoms. The number of anilines is 1. The molecule has 0 saturated carbocycles. The van der Waals surface area contributed by atoms with Crippen LogP contribution in [0.25, 0.3) is 0 Å². The number of rotatable bonds is 6. The summed E-state index contributed by atoms with van der Waals surface area (Å²) in [7, 11) is 1.69. The molecule has 1 aromatic rings. The highest BCUT2D eigenvalue weighted by Gasteiger charge is 2.30. The average molecular weight is 310 g/mol. The monoisotopic (exact) mass is 309 g/mol. The molecule has 1 fully saturated rings. The second-order valence-corrected chi connectivity index (χ2v) is 5.83. The van der Waals surface area contributed by atoms with E-state index < -0.39 is 0 Å². The normalized spacial score (nSPS) is 18.0. The minimum atomic E-state index is -0.0740. The Balaban J connectivity index is 2.10. The standard InChI is InChI=1S/C16H24ClN3O/c1-3-8-19-11-12-6-7-13(10-14(12)17)20-9-4-5-15(20)16(21)18-2/h6-7,10,15,19H,3-5,8-9,11H2,1-2H3,(H,18,21). The van der Waals surface area contributed by atoms with Gasteiger partial charge in [0.25, 0.3) is 0 Å².